The SMILES string of the molecule is NC(=O)c1nn(-c2ccc(S(N)(=O)=O)cc2)c2c1COc1ccc(F)cc1-2. The number of rotatable bonds is 3. The van der Waals surface area contributed by atoms with Gasteiger partial charge >= 0.3 is 0 Å². The first-order valence-corrected chi connectivity index (χ1v) is 9.28. The van der Waals surface area contributed by atoms with E-state index in [1.165, 1.54) is 47.1 Å². The van der Waals surface area contributed by atoms with Gasteiger partial charge in [0.1, 0.15) is 18.2 Å². The van der Waals surface area contributed by atoms with E-state index in [2.05, 4.69) is 5.10 Å². The van der Waals surface area contributed by atoms with E-state index in [-0.39, 0.29) is 17.2 Å². The molecule has 2 aromatic carbocycles. The van der Waals surface area contributed by atoms with Crippen LogP contribution in [0.25, 0.3) is 16.9 Å². The second-order valence-corrected chi connectivity index (χ2v) is 7.48. The molecule has 0 atom stereocenters. The monoisotopic (exact) mass is 388 g/mol. The van der Waals surface area contributed by atoms with Gasteiger partial charge in [0.2, 0.25) is 10.0 Å². The molecular weight excluding hydrogens is 375 g/mol. The second-order valence-electron chi connectivity index (χ2n) is 5.92. The lowest BCUT2D eigenvalue weighted by atomic mass is 10.0. The van der Waals surface area contributed by atoms with Crippen LogP contribution in [0.2, 0.25) is 0 Å². The average molecular weight is 388 g/mol. The summed E-state index contributed by atoms with van der Waals surface area (Å²) in [6.45, 7) is 0.0432. The van der Waals surface area contributed by atoms with E-state index in [4.69, 9.17) is 15.6 Å². The number of hydrogen-bond acceptors (Lipinski definition) is 5. The number of sulfonamides is 1. The van der Waals surface area contributed by atoms with Crippen molar-refractivity contribution in [3.05, 3.63) is 59.5 Å². The van der Waals surface area contributed by atoms with Gasteiger partial charge in [-0.2, -0.15) is 5.10 Å². The number of carbonyl (C=O) groups excluding carboxylic acids is 1. The molecular formula is C17H13FN4O4S. The van der Waals surface area contributed by atoms with Crippen LogP contribution in [0.4, 0.5) is 4.39 Å². The molecule has 0 spiro atoms. The van der Waals surface area contributed by atoms with Gasteiger partial charge < -0.3 is 10.5 Å². The van der Waals surface area contributed by atoms with E-state index in [0.29, 0.717) is 28.3 Å². The summed E-state index contributed by atoms with van der Waals surface area (Å²) in [6.07, 6.45) is 0. The van der Waals surface area contributed by atoms with Crippen molar-refractivity contribution in [1.82, 2.24) is 9.78 Å². The summed E-state index contributed by atoms with van der Waals surface area (Å²) < 4.78 is 43.7. The Kier molecular flexibility index (Phi) is 3.75. The number of ether oxygens (including phenoxy) is 1. The zero-order valence-corrected chi connectivity index (χ0v) is 14.5. The third-order valence-electron chi connectivity index (χ3n) is 4.20. The topological polar surface area (TPSA) is 130 Å². The number of nitrogens with two attached hydrogens (primary N) is 2. The first-order valence-electron chi connectivity index (χ1n) is 7.73. The summed E-state index contributed by atoms with van der Waals surface area (Å²) in [4.78, 5) is 11.7. The quantitative estimate of drug-likeness (QED) is 0.699. The minimum atomic E-state index is -3.85. The smallest absolute Gasteiger partial charge is 0.269 e. The number of primary amides is 1. The van der Waals surface area contributed by atoms with Crippen molar-refractivity contribution in [2.45, 2.75) is 11.5 Å². The molecule has 1 aliphatic heterocycles. The Bertz CT molecular complexity index is 1190. The minimum absolute atomic E-state index is 0.00423. The van der Waals surface area contributed by atoms with Crippen LogP contribution in [-0.2, 0) is 16.6 Å². The molecule has 1 aromatic heterocycles. The van der Waals surface area contributed by atoms with Crippen molar-refractivity contribution in [1.29, 1.82) is 0 Å². The standard InChI is InChI=1S/C17H13FN4O4S/c18-9-1-6-14-12(7-9)16-13(8-26-14)15(17(19)23)21-22(16)10-2-4-11(5-3-10)27(20,24)25/h1-7H,8H2,(H2,19,23)(H2,20,24,25). The summed E-state index contributed by atoms with van der Waals surface area (Å²) in [6, 6.07) is 9.61. The van der Waals surface area contributed by atoms with Crippen molar-refractivity contribution < 1.29 is 22.3 Å². The fourth-order valence-electron chi connectivity index (χ4n) is 2.99. The molecule has 0 aliphatic carbocycles. The maximum absolute atomic E-state index is 13.8. The summed E-state index contributed by atoms with van der Waals surface area (Å²) in [5.74, 6) is -0.806. The van der Waals surface area contributed by atoms with Crippen LogP contribution in [0, 0.1) is 5.82 Å². The molecule has 2 heterocycles. The number of primary sulfonamides is 1. The number of fused-ring (bicyclic) bond motifs is 3. The highest BCUT2D eigenvalue weighted by Gasteiger charge is 2.29. The molecule has 27 heavy (non-hydrogen) atoms. The largest absolute Gasteiger partial charge is 0.488 e. The van der Waals surface area contributed by atoms with E-state index < -0.39 is 21.7 Å². The molecule has 4 N–H and O–H groups in total. The highest BCUT2D eigenvalue weighted by atomic mass is 32.2. The van der Waals surface area contributed by atoms with Crippen LogP contribution in [0.1, 0.15) is 16.1 Å². The van der Waals surface area contributed by atoms with E-state index >= 15 is 0 Å². The number of hydrogen-bond donors (Lipinski definition) is 2. The van der Waals surface area contributed by atoms with Gasteiger partial charge in [-0.3, -0.25) is 4.79 Å². The highest BCUT2D eigenvalue weighted by molar-refractivity contribution is 7.89. The van der Waals surface area contributed by atoms with Gasteiger partial charge in [0.15, 0.2) is 5.69 Å². The van der Waals surface area contributed by atoms with Gasteiger partial charge in [-0.15, -0.1) is 0 Å². The third kappa shape index (κ3) is 2.84. The summed E-state index contributed by atoms with van der Waals surface area (Å²) in [5.41, 5.74) is 7.15. The van der Waals surface area contributed by atoms with Crippen molar-refractivity contribution in [3.63, 3.8) is 0 Å². The molecule has 0 bridgehead atoms. The van der Waals surface area contributed by atoms with E-state index in [9.17, 15) is 17.6 Å². The van der Waals surface area contributed by atoms with E-state index in [1.54, 1.807) is 0 Å². The molecule has 10 heteroatoms. The summed E-state index contributed by atoms with van der Waals surface area (Å²) in [5, 5.41) is 9.35. The molecule has 138 valence electrons. The molecule has 1 amide bonds. The van der Waals surface area contributed by atoms with Crippen LogP contribution in [0.15, 0.2) is 47.4 Å². The molecule has 0 unspecified atom stereocenters. The molecule has 3 aromatic rings. The fourth-order valence-corrected chi connectivity index (χ4v) is 3.50. The number of halogens is 1. The predicted octanol–water partition coefficient (Wildman–Crippen LogP) is 1.32. The van der Waals surface area contributed by atoms with Crippen molar-refractivity contribution in [2.24, 2.45) is 10.9 Å². The average Bonchev–Trinajstić information content (AvgIpc) is 3.01. The molecule has 0 saturated carbocycles. The van der Waals surface area contributed by atoms with Crippen LogP contribution in [0.3, 0.4) is 0 Å². The zero-order chi connectivity index (χ0) is 19.3. The lowest BCUT2D eigenvalue weighted by Crippen LogP contribution is -2.16. The lowest BCUT2D eigenvalue weighted by Gasteiger charge is -2.19. The van der Waals surface area contributed by atoms with Gasteiger partial charge in [-0.05, 0) is 42.5 Å². The first-order chi connectivity index (χ1) is 12.8. The van der Waals surface area contributed by atoms with Crippen molar-refractivity contribution in [2.75, 3.05) is 0 Å². The second kappa shape index (κ2) is 5.89. The summed E-state index contributed by atoms with van der Waals surface area (Å²) in [7, 11) is -3.85. The lowest BCUT2D eigenvalue weighted by molar-refractivity contribution is 0.0992. The van der Waals surface area contributed by atoms with Crippen LogP contribution < -0.4 is 15.6 Å². The Labute approximate surface area is 153 Å². The van der Waals surface area contributed by atoms with Crippen molar-refractivity contribution >= 4 is 15.9 Å². The molecule has 0 fully saturated rings. The Morgan fingerprint density at radius 1 is 1.19 bits per heavy atom. The first kappa shape index (κ1) is 17.2. The zero-order valence-electron chi connectivity index (χ0n) is 13.7. The number of aromatic nitrogens is 2. The summed E-state index contributed by atoms with van der Waals surface area (Å²) >= 11 is 0. The van der Waals surface area contributed by atoms with Gasteiger partial charge in [0.05, 0.1) is 16.3 Å². The Hall–Kier alpha value is -3.24. The van der Waals surface area contributed by atoms with Gasteiger partial charge in [0.25, 0.3) is 5.91 Å². The van der Waals surface area contributed by atoms with E-state index in [1.807, 2.05) is 0 Å². The molecule has 8 nitrogen and oxygen atoms in total. The van der Waals surface area contributed by atoms with Crippen LogP contribution in [-0.4, -0.2) is 24.1 Å². The molecule has 0 saturated heterocycles. The Balaban J connectivity index is 1.96. The number of amides is 1. The Morgan fingerprint density at radius 2 is 1.89 bits per heavy atom. The van der Waals surface area contributed by atoms with Gasteiger partial charge in [-0.25, -0.2) is 22.6 Å². The van der Waals surface area contributed by atoms with Gasteiger partial charge in [0, 0.05) is 11.1 Å². The third-order valence-corrected chi connectivity index (χ3v) is 5.12. The minimum Gasteiger partial charge on any atom is -0.488 e. The van der Waals surface area contributed by atoms with Crippen LogP contribution >= 0.6 is 0 Å². The maximum Gasteiger partial charge on any atom is 0.269 e. The number of nitrogens with zero attached hydrogens (tertiary/aromatic N) is 2. The maximum atomic E-state index is 13.8. The molecule has 1 aliphatic rings. The van der Waals surface area contributed by atoms with E-state index in [0.717, 1.165) is 0 Å². The van der Waals surface area contributed by atoms with Gasteiger partial charge in [-0.1, -0.05) is 0 Å². The predicted molar refractivity (Wildman–Crippen MR) is 93.2 cm³/mol. The fraction of sp³-hybridized carbons (Fsp3) is 0.0588. The van der Waals surface area contributed by atoms with Crippen molar-refractivity contribution in [3.8, 4) is 22.7 Å². The normalized spacial score (nSPS) is 12.8. The molecule has 4 rings (SSSR count). The van der Waals surface area contributed by atoms with Crippen LogP contribution in [0.5, 0.6) is 5.75 Å². The number of carbonyl (C=O) groups is 1. The Morgan fingerprint density at radius 3 is 2.52 bits per heavy atom. The number of benzene rings is 2. The highest BCUT2D eigenvalue weighted by Crippen LogP contribution is 2.40. The molecule has 0 radical (unpaired) electrons.